The smallest absolute Gasteiger partial charge is 0.295 e. The van der Waals surface area contributed by atoms with Crippen molar-refractivity contribution in [3.63, 3.8) is 0 Å². The number of rotatable bonds is 9. The summed E-state index contributed by atoms with van der Waals surface area (Å²) in [6, 6.07) is 22.2. The molecule has 0 saturated carbocycles. The SMILES string of the molecule is CCOc1cc([C@@H]2/C(=C(\O)c3ccc(OCc4ccccc4)c(C)c3)C(=O)C(=O)N2Cc2cccnc2)ccc1O. The Bertz CT molecular complexity index is 1600. The van der Waals surface area contributed by atoms with Gasteiger partial charge in [0.1, 0.15) is 18.1 Å². The highest BCUT2D eigenvalue weighted by molar-refractivity contribution is 6.46. The second-order valence-electron chi connectivity index (χ2n) is 9.70. The van der Waals surface area contributed by atoms with Crippen LogP contribution in [0.25, 0.3) is 5.76 Å². The maximum atomic E-state index is 13.5. The van der Waals surface area contributed by atoms with Gasteiger partial charge in [-0.3, -0.25) is 14.6 Å². The van der Waals surface area contributed by atoms with Gasteiger partial charge in [0.25, 0.3) is 11.7 Å². The molecule has 1 fully saturated rings. The third-order valence-corrected chi connectivity index (χ3v) is 6.90. The number of hydrogen-bond donors (Lipinski definition) is 2. The fourth-order valence-electron chi connectivity index (χ4n) is 4.90. The van der Waals surface area contributed by atoms with Crippen molar-refractivity contribution in [2.75, 3.05) is 6.61 Å². The summed E-state index contributed by atoms with van der Waals surface area (Å²) in [6.07, 6.45) is 3.25. The maximum Gasteiger partial charge on any atom is 0.295 e. The number of aromatic nitrogens is 1. The molecule has 1 aliphatic heterocycles. The fraction of sp³-hybridized carbons (Fsp3) is 0.182. The van der Waals surface area contributed by atoms with Crippen molar-refractivity contribution in [3.8, 4) is 17.2 Å². The predicted molar refractivity (Wildman–Crippen MR) is 153 cm³/mol. The van der Waals surface area contributed by atoms with Gasteiger partial charge >= 0.3 is 0 Å². The van der Waals surface area contributed by atoms with Crippen LogP contribution in [0.15, 0.2) is 96.8 Å². The molecule has 1 aliphatic rings. The number of aromatic hydroxyl groups is 1. The Hall–Kier alpha value is -5.11. The number of aliphatic hydroxyl groups is 1. The first-order valence-corrected chi connectivity index (χ1v) is 13.3. The summed E-state index contributed by atoms with van der Waals surface area (Å²) < 4.78 is 11.5. The standard InChI is InChI=1S/C33H30N2O6/c1-3-40-28-17-24(11-13-26(28)36)30-29(32(38)33(39)35(30)19-23-10-7-15-34-18-23)31(37)25-12-14-27(21(2)16-25)41-20-22-8-5-4-6-9-22/h4-18,30,36-37H,3,19-20H2,1-2H3/b31-29+/t30-/m1/s1. The molecule has 41 heavy (non-hydrogen) atoms. The highest BCUT2D eigenvalue weighted by atomic mass is 16.5. The Morgan fingerprint density at radius 3 is 2.41 bits per heavy atom. The van der Waals surface area contributed by atoms with Crippen LogP contribution in [0, 0.1) is 6.92 Å². The normalized spacial score (nSPS) is 16.1. The number of amides is 1. The first kappa shape index (κ1) is 27.5. The minimum absolute atomic E-state index is 0.0515. The number of carbonyl (C=O) groups is 2. The van der Waals surface area contributed by atoms with Gasteiger partial charge in [-0.1, -0.05) is 42.5 Å². The number of ether oxygens (including phenoxy) is 2. The van der Waals surface area contributed by atoms with Crippen LogP contribution in [0.4, 0.5) is 0 Å². The number of hydrogen-bond acceptors (Lipinski definition) is 7. The van der Waals surface area contributed by atoms with E-state index in [4.69, 9.17) is 9.47 Å². The van der Waals surface area contributed by atoms with E-state index >= 15 is 0 Å². The third kappa shape index (κ3) is 5.77. The van der Waals surface area contributed by atoms with E-state index in [-0.39, 0.29) is 29.4 Å². The van der Waals surface area contributed by atoms with Crippen molar-refractivity contribution in [1.82, 2.24) is 9.88 Å². The summed E-state index contributed by atoms with van der Waals surface area (Å²) in [5.41, 5.74) is 3.34. The number of ketones is 1. The van der Waals surface area contributed by atoms with Gasteiger partial charge < -0.3 is 24.6 Å². The maximum absolute atomic E-state index is 13.5. The lowest BCUT2D eigenvalue weighted by Crippen LogP contribution is -2.29. The highest BCUT2D eigenvalue weighted by Crippen LogP contribution is 2.42. The largest absolute Gasteiger partial charge is 0.507 e. The van der Waals surface area contributed by atoms with Gasteiger partial charge in [0.2, 0.25) is 0 Å². The average Bonchev–Trinajstić information content (AvgIpc) is 3.23. The van der Waals surface area contributed by atoms with Gasteiger partial charge in [-0.15, -0.1) is 0 Å². The Morgan fingerprint density at radius 1 is 0.927 bits per heavy atom. The van der Waals surface area contributed by atoms with Crippen LogP contribution >= 0.6 is 0 Å². The van der Waals surface area contributed by atoms with Gasteiger partial charge in [0, 0.05) is 24.5 Å². The van der Waals surface area contributed by atoms with Crippen LogP contribution in [0.1, 0.15) is 40.8 Å². The van der Waals surface area contributed by atoms with Crippen LogP contribution in [-0.2, 0) is 22.7 Å². The van der Waals surface area contributed by atoms with Crippen molar-refractivity contribution in [1.29, 1.82) is 0 Å². The number of nitrogens with zero attached hydrogens (tertiary/aromatic N) is 2. The zero-order valence-electron chi connectivity index (χ0n) is 22.8. The van der Waals surface area contributed by atoms with Gasteiger partial charge in [0.15, 0.2) is 11.5 Å². The molecule has 1 atom stereocenters. The molecule has 3 aromatic carbocycles. The zero-order valence-corrected chi connectivity index (χ0v) is 22.8. The molecule has 4 aromatic rings. The van der Waals surface area contributed by atoms with Crippen molar-refractivity contribution in [3.05, 3.63) is 125 Å². The number of benzene rings is 3. The van der Waals surface area contributed by atoms with Crippen molar-refractivity contribution in [2.24, 2.45) is 0 Å². The minimum Gasteiger partial charge on any atom is -0.507 e. The molecular weight excluding hydrogens is 520 g/mol. The Labute approximate surface area is 238 Å². The molecule has 8 heteroatoms. The molecular formula is C33H30N2O6. The van der Waals surface area contributed by atoms with Crippen LogP contribution < -0.4 is 9.47 Å². The van der Waals surface area contributed by atoms with Crippen LogP contribution in [0.3, 0.4) is 0 Å². The Balaban J connectivity index is 1.55. The second kappa shape index (κ2) is 12.0. The number of phenols is 1. The molecule has 8 nitrogen and oxygen atoms in total. The monoisotopic (exact) mass is 550 g/mol. The van der Waals surface area contributed by atoms with E-state index in [1.54, 1.807) is 55.7 Å². The molecule has 5 rings (SSSR count). The topological polar surface area (TPSA) is 109 Å². The van der Waals surface area contributed by atoms with E-state index in [0.29, 0.717) is 30.1 Å². The van der Waals surface area contributed by atoms with E-state index in [9.17, 15) is 19.8 Å². The summed E-state index contributed by atoms with van der Waals surface area (Å²) in [5.74, 6) is -1.06. The molecule has 0 radical (unpaired) electrons. The lowest BCUT2D eigenvalue weighted by Gasteiger charge is -2.26. The summed E-state index contributed by atoms with van der Waals surface area (Å²) in [6.45, 7) is 4.43. The first-order chi connectivity index (χ1) is 19.9. The molecule has 2 N–H and O–H groups in total. The van der Waals surface area contributed by atoms with Crippen molar-refractivity contribution >= 4 is 17.4 Å². The quantitative estimate of drug-likeness (QED) is 0.156. The Morgan fingerprint density at radius 2 is 1.71 bits per heavy atom. The molecule has 1 aromatic heterocycles. The molecule has 0 unspecified atom stereocenters. The number of likely N-dealkylation sites (tertiary alicyclic amines) is 1. The van der Waals surface area contributed by atoms with Crippen LogP contribution in [0.2, 0.25) is 0 Å². The number of aryl methyl sites for hydroxylation is 1. The van der Waals surface area contributed by atoms with Gasteiger partial charge in [0.05, 0.1) is 18.2 Å². The number of phenolic OH excluding ortho intramolecular Hbond substituents is 1. The molecule has 2 heterocycles. The lowest BCUT2D eigenvalue weighted by molar-refractivity contribution is -0.140. The first-order valence-electron chi connectivity index (χ1n) is 13.3. The number of carbonyl (C=O) groups excluding carboxylic acids is 2. The molecule has 0 aliphatic carbocycles. The molecule has 208 valence electrons. The van der Waals surface area contributed by atoms with Gasteiger partial charge in [-0.25, -0.2) is 0 Å². The second-order valence-corrected chi connectivity index (χ2v) is 9.70. The zero-order chi connectivity index (χ0) is 28.9. The fourth-order valence-corrected chi connectivity index (χ4v) is 4.90. The van der Waals surface area contributed by atoms with E-state index in [2.05, 4.69) is 4.98 Å². The van der Waals surface area contributed by atoms with Gasteiger partial charge in [-0.2, -0.15) is 0 Å². The number of pyridine rings is 1. The van der Waals surface area contributed by atoms with E-state index < -0.39 is 17.7 Å². The predicted octanol–water partition coefficient (Wildman–Crippen LogP) is 5.70. The van der Waals surface area contributed by atoms with Crippen LogP contribution in [-0.4, -0.2) is 38.4 Å². The number of aliphatic hydroxyl groups excluding tert-OH is 1. The molecule has 0 spiro atoms. The van der Waals surface area contributed by atoms with Gasteiger partial charge in [-0.05, 0) is 72.5 Å². The van der Waals surface area contributed by atoms with E-state index in [1.165, 1.54) is 11.0 Å². The summed E-state index contributed by atoms with van der Waals surface area (Å²) in [7, 11) is 0. The highest BCUT2D eigenvalue weighted by Gasteiger charge is 2.46. The van der Waals surface area contributed by atoms with Crippen molar-refractivity contribution in [2.45, 2.75) is 33.0 Å². The summed E-state index contributed by atoms with van der Waals surface area (Å²) in [4.78, 5) is 32.4. The minimum atomic E-state index is -0.927. The summed E-state index contributed by atoms with van der Waals surface area (Å²) in [5, 5.41) is 21.8. The lowest BCUT2D eigenvalue weighted by atomic mass is 9.94. The van der Waals surface area contributed by atoms with Crippen molar-refractivity contribution < 1.29 is 29.3 Å². The molecule has 0 bridgehead atoms. The van der Waals surface area contributed by atoms with E-state index in [1.807, 2.05) is 43.3 Å². The molecule has 1 saturated heterocycles. The average molecular weight is 551 g/mol. The van der Waals surface area contributed by atoms with Crippen LogP contribution in [0.5, 0.6) is 17.2 Å². The third-order valence-electron chi connectivity index (χ3n) is 6.90. The Kier molecular flexibility index (Phi) is 8.01. The van der Waals surface area contributed by atoms with E-state index in [0.717, 1.165) is 16.7 Å². The summed E-state index contributed by atoms with van der Waals surface area (Å²) >= 11 is 0. The molecule has 1 amide bonds. The number of Topliss-reactive ketones (excluding diaryl/α,β-unsaturated/α-hetero) is 1.